The van der Waals surface area contributed by atoms with Crippen LogP contribution < -0.4 is 0 Å². The van der Waals surface area contributed by atoms with Crippen LogP contribution in [0.1, 0.15) is 44.9 Å². The monoisotopic (exact) mass is 356 g/mol. The molecule has 6 heteroatoms. The highest BCUT2D eigenvalue weighted by atomic mass is 19.3. The number of nitrogens with zero attached hydrogens (tertiary/aromatic N) is 2. The lowest BCUT2D eigenvalue weighted by molar-refractivity contribution is -0.161. The molecule has 0 N–H and O–H groups in total. The summed E-state index contributed by atoms with van der Waals surface area (Å²) >= 11 is 0. The molecule has 2 aliphatic carbocycles. The van der Waals surface area contributed by atoms with Gasteiger partial charge in [-0.15, -0.1) is 0 Å². The number of carbonyl (C=O) groups excluding carboxylic acids is 1. The second kappa shape index (κ2) is 6.45. The zero-order valence-corrected chi connectivity index (χ0v) is 15.2. The van der Waals surface area contributed by atoms with Crippen molar-refractivity contribution in [2.24, 2.45) is 17.3 Å². The SMILES string of the molecule is COC[C@@H]1CC2(CCN(C(=O)C3CC(F)(F)C3)CC2)CN1CC1CC1. The number of hydrogen-bond acceptors (Lipinski definition) is 3. The van der Waals surface area contributed by atoms with Crippen LogP contribution >= 0.6 is 0 Å². The number of alkyl halides is 2. The first kappa shape index (κ1) is 17.7. The minimum Gasteiger partial charge on any atom is -0.383 e. The molecule has 4 fully saturated rings. The number of methoxy groups -OCH3 is 1. The van der Waals surface area contributed by atoms with E-state index in [1.54, 1.807) is 7.11 Å². The number of amides is 1. The van der Waals surface area contributed by atoms with Crippen LogP contribution in [0.15, 0.2) is 0 Å². The molecule has 4 rings (SSSR count). The molecule has 1 atom stereocenters. The van der Waals surface area contributed by atoms with E-state index in [1.807, 2.05) is 4.90 Å². The van der Waals surface area contributed by atoms with Crippen LogP contribution in [0.5, 0.6) is 0 Å². The molecule has 0 radical (unpaired) electrons. The molecule has 142 valence electrons. The van der Waals surface area contributed by atoms with E-state index >= 15 is 0 Å². The maximum Gasteiger partial charge on any atom is 0.249 e. The molecular weight excluding hydrogens is 326 g/mol. The van der Waals surface area contributed by atoms with Crippen LogP contribution in [-0.2, 0) is 9.53 Å². The van der Waals surface area contributed by atoms with Crippen LogP contribution in [0, 0.1) is 17.3 Å². The Bertz CT molecular complexity index is 508. The van der Waals surface area contributed by atoms with E-state index in [0.29, 0.717) is 11.5 Å². The Labute approximate surface area is 148 Å². The third kappa shape index (κ3) is 3.70. The van der Waals surface area contributed by atoms with Crippen molar-refractivity contribution in [3.05, 3.63) is 0 Å². The molecule has 0 unspecified atom stereocenters. The molecule has 25 heavy (non-hydrogen) atoms. The number of hydrogen-bond donors (Lipinski definition) is 0. The minimum atomic E-state index is -2.61. The smallest absolute Gasteiger partial charge is 0.249 e. The molecule has 2 saturated carbocycles. The molecular formula is C19H30F2N2O2. The Morgan fingerprint density at radius 2 is 1.84 bits per heavy atom. The normalized spacial score (nSPS) is 32.1. The quantitative estimate of drug-likeness (QED) is 0.759. The molecule has 0 aromatic carbocycles. The van der Waals surface area contributed by atoms with Crippen LogP contribution in [-0.4, -0.2) is 67.6 Å². The summed E-state index contributed by atoms with van der Waals surface area (Å²) in [5.74, 6) is -2.22. The minimum absolute atomic E-state index is 0.0398. The van der Waals surface area contributed by atoms with E-state index < -0.39 is 11.8 Å². The van der Waals surface area contributed by atoms with Gasteiger partial charge in [-0.25, -0.2) is 8.78 Å². The Morgan fingerprint density at radius 3 is 2.40 bits per heavy atom. The third-order valence-corrected chi connectivity index (χ3v) is 6.85. The summed E-state index contributed by atoms with van der Waals surface area (Å²) in [6.07, 6.45) is 5.37. The Kier molecular flexibility index (Phi) is 4.55. The Morgan fingerprint density at radius 1 is 1.16 bits per heavy atom. The molecule has 1 spiro atoms. The van der Waals surface area contributed by atoms with Gasteiger partial charge in [0.05, 0.1) is 6.61 Å². The van der Waals surface area contributed by atoms with Crippen LogP contribution in [0.25, 0.3) is 0 Å². The van der Waals surface area contributed by atoms with E-state index in [4.69, 9.17) is 4.74 Å². The van der Waals surface area contributed by atoms with E-state index in [1.165, 1.54) is 19.4 Å². The maximum atomic E-state index is 13.0. The molecule has 0 aromatic heterocycles. The van der Waals surface area contributed by atoms with Gasteiger partial charge in [0.1, 0.15) is 0 Å². The molecule has 4 aliphatic rings. The zero-order valence-electron chi connectivity index (χ0n) is 15.2. The number of likely N-dealkylation sites (tertiary alicyclic amines) is 2. The molecule has 0 aromatic rings. The summed E-state index contributed by atoms with van der Waals surface area (Å²) in [7, 11) is 1.77. The molecule has 1 amide bonds. The van der Waals surface area contributed by atoms with Crippen molar-refractivity contribution < 1.29 is 18.3 Å². The summed E-state index contributed by atoms with van der Waals surface area (Å²) in [5, 5.41) is 0. The van der Waals surface area contributed by atoms with Gasteiger partial charge in [0.2, 0.25) is 11.8 Å². The topological polar surface area (TPSA) is 32.8 Å². The molecule has 0 bridgehead atoms. The number of piperidine rings is 1. The summed E-state index contributed by atoms with van der Waals surface area (Å²) in [5.41, 5.74) is 0.290. The van der Waals surface area contributed by atoms with Crippen molar-refractivity contribution in [1.29, 1.82) is 0 Å². The van der Waals surface area contributed by atoms with E-state index in [9.17, 15) is 13.6 Å². The summed E-state index contributed by atoms with van der Waals surface area (Å²) in [6.45, 7) is 4.56. The second-order valence-electron chi connectivity index (χ2n) is 8.97. The predicted molar refractivity (Wildman–Crippen MR) is 90.5 cm³/mol. The lowest BCUT2D eigenvalue weighted by Gasteiger charge is -2.43. The van der Waals surface area contributed by atoms with Crippen molar-refractivity contribution in [1.82, 2.24) is 9.80 Å². The fraction of sp³-hybridized carbons (Fsp3) is 0.947. The highest BCUT2D eigenvalue weighted by molar-refractivity contribution is 5.80. The summed E-state index contributed by atoms with van der Waals surface area (Å²) < 4.78 is 31.5. The van der Waals surface area contributed by atoms with Crippen molar-refractivity contribution in [2.45, 2.75) is 56.9 Å². The molecule has 2 heterocycles. The molecule has 4 nitrogen and oxygen atoms in total. The molecule has 2 saturated heterocycles. The molecule has 2 aliphatic heterocycles. The van der Waals surface area contributed by atoms with Crippen LogP contribution in [0.4, 0.5) is 8.78 Å². The maximum absolute atomic E-state index is 13.0. The third-order valence-electron chi connectivity index (χ3n) is 6.85. The first-order valence-corrected chi connectivity index (χ1v) is 9.79. The highest BCUT2D eigenvalue weighted by Gasteiger charge is 2.51. The number of rotatable bonds is 5. The Hall–Kier alpha value is -0.750. The highest BCUT2D eigenvalue weighted by Crippen LogP contribution is 2.47. The average molecular weight is 356 g/mol. The van der Waals surface area contributed by atoms with Crippen LogP contribution in [0.3, 0.4) is 0 Å². The number of halogens is 2. The van der Waals surface area contributed by atoms with E-state index in [-0.39, 0.29) is 18.7 Å². The first-order chi connectivity index (χ1) is 11.9. The van der Waals surface area contributed by atoms with Crippen LogP contribution in [0.2, 0.25) is 0 Å². The van der Waals surface area contributed by atoms with Gasteiger partial charge < -0.3 is 9.64 Å². The van der Waals surface area contributed by atoms with Gasteiger partial charge in [0, 0.05) is 58.1 Å². The number of ether oxygens (including phenoxy) is 1. The zero-order chi connectivity index (χ0) is 17.7. The van der Waals surface area contributed by atoms with Gasteiger partial charge in [0.15, 0.2) is 0 Å². The largest absolute Gasteiger partial charge is 0.383 e. The van der Waals surface area contributed by atoms with Gasteiger partial charge in [-0.1, -0.05) is 0 Å². The Balaban J connectivity index is 1.32. The van der Waals surface area contributed by atoms with E-state index in [0.717, 1.165) is 51.4 Å². The van der Waals surface area contributed by atoms with Crippen molar-refractivity contribution in [2.75, 3.05) is 39.9 Å². The lowest BCUT2D eigenvalue weighted by atomic mass is 9.75. The van der Waals surface area contributed by atoms with Crippen molar-refractivity contribution in [3.63, 3.8) is 0 Å². The van der Waals surface area contributed by atoms with Gasteiger partial charge in [-0.2, -0.15) is 0 Å². The summed E-state index contributed by atoms with van der Waals surface area (Å²) in [6, 6.07) is 0.498. The predicted octanol–water partition coefficient (Wildman–Crippen LogP) is 2.77. The first-order valence-electron chi connectivity index (χ1n) is 9.79. The standard InChI is InChI=1S/C19H30F2N2O2/c1-25-12-16-10-18(13-23(16)11-14-2-3-14)4-6-22(7-5-18)17(24)15-8-19(20,21)9-15/h14-16H,2-13H2,1H3/t16-/m0/s1. The van der Waals surface area contributed by atoms with Gasteiger partial charge in [-0.3, -0.25) is 9.69 Å². The van der Waals surface area contributed by atoms with Gasteiger partial charge in [-0.05, 0) is 43.4 Å². The number of carbonyl (C=O) groups is 1. The van der Waals surface area contributed by atoms with Crippen molar-refractivity contribution >= 4 is 5.91 Å². The fourth-order valence-electron chi connectivity index (χ4n) is 5.11. The lowest BCUT2D eigenvalue weighted by Crippen LogP contribution is -2.51. The van der Waals surface area contributed by atoms with Gasteiger partial charge >= 0.3 is 0 Å². The van der Waals surface area contributed by atoms with Gasteiger partial charge in [0.25, 0.3) is 0 Å². The fourth-order valence-corrected chi connectivity index (χ4v) is 5.11. The average Bonchev–Trinajstić information content (AvgIpc) is 3.30. The van der Waals surface area contributed by atoms with E-state index in [2.05, 4.69) is 4.90 Å². The summed E-state index contributed by atoms with van der Waals surface area (Å²) in [4.78, 5) is 16.9. The van der Waals surface area contributed by atoms with Crippen molar-refractivity contribution in [3.8, 4) is 0 Å². The second-order valence-corrected chi connectivity index (χ2v) is 8.97.